The molecule has 6 rings (SSSR count). The quantitative estimate of drug-likeness (QED) is 0.367. The molecule has 3 aromatic rings. The van der Waals surface area contributed by atoms with Crippen LogP contribution in [0, 0.1) is 0 Å². The Labute approximate surface area is 247 Å². The van der Waals surface area contributed by atoms with Gasteiger partial charge in [-0.3, -0.25) is 0 Å². The molecule has 0 radical (unpaired) electrons. The van der Waals surface area contributed by atoms with Gasteiger partial charge in [0.2, 0.25) is 0 Å². The third-order valence-corrected chi connectivity index (χ3v) is 11.1. The maximum atomic E-state index is 12.6. The van der Waals surface area contributed by atoms with Crippen LogP contribution in [0.1, 0.15) is 43.4 Å². The summed E-state index contributed by atoms with van der Waals surface area (Å²) in [7, 11) is -1.16. The van der Waals surface area contributed by atoms with E-state index in [-0.39, 0.29) is 0 Å². The first kappa shape index (κ1) is 28.2. The summed E-state index contributed by atoms with van der Waals surface area (Å²) < 4.78 is 31.4. The predicted molar refractivity (Wildman–Crippen MR) is 166 cm³/mol. The molecule has 2 saturated heterocycles. The first-order valence-corrected chi connectivity index (χ1v) is 16.6. The summed E-state index contributed by atoms with van der Waals surface area (Å²) in [6, 6.07) is 13.1. The van der Waals surface area contributed by atoms with Gasteiger partial charge in [-0.05, 0) is 69.6 Å². The van der Waals surface area contributed by atoms with Gasteiger partial charge in [-0.25, -0.2) is 8.42 Å². The zero-order chi connectivity index (χ0) is 28.6. The second-order valence-electron chi connectivity index (χ2n) is 11.4. The molecule has 218 valence electrons. The average Bonchev–Trinajstić information content (AvgIpc) is 3.23. The van der Waals surface area contributed by atoms with Crippen molar-refractivity contribution < 1.29 is 13.2 Å². The molecule has 0 spiro atoms. The van der Waals surface area contributed by atoms with E-state index in [4.69, 9.17) is 26.3 Å². The van der Waals surface area contributed by atoms with E-state index >= 15 is 0 Å². The maximum Gasteiger partial charge on any atom is 0.318 e. The lowest BCUT2D eigenvalue weighted by atomic mass is 10.0. The van der Waals surface area contributed by atoms with E-state index < -0.39 is 15.1 Å². The Kier molecular flexibility index (Phi) is 8.12. The summed E-state index contributed by atoms with van der Waals surface area (Å²) in [5.41, 5.74) is 3.18. The van der Waals surface area contributed by atoms with Crippen LogP contribution in [0.3, 0.4) is 0 Å². The summed E-state index contributed by atoms with van der Waals surface area (Å²) >= 11 is 6.69. The van der Waals surface area contributed by atoms with E-state index in [2.05, 4.69) is 52.6 Å². The van der Waals surface area contributed by atoms with E-state index in [0.29, 0.717) is 44.6 Å². The molecular weight excluding hydrogens is 558 g/mol. The Morgan fingerprint density at radius 3 is 2.61 bits per heavy atom. The van der Waals surface area contributed by atoms with Gasteiger partial charge >= 0.3 is 6.01 Å². The van der Waals surface area contributed by atoms with Crippen LogP contribution in [0.4, 0.5) is 11.5 Å². The minimum absolute atomic E-state index is 0.357. The number of anilines is 2. The minimum atomic E-state index is -3.30. The molecular formula is C31H38ClN5O3S. The number of ether oxygens (including phenoxy) is 1. The Bertz CT molecular complexity index is 1540. The van der Waals surface area contributed by atoms with E-state index in [1.165, 1.54) is 6.42 Å². The SMILES string of the molecule is C=CS(=O)(=O)C1CCCN(c2nc(OC[C@@H]3CCCN3C)nc3c2CCN(c2cccc4cccc(Cl)c24)C3)CC1. The lowest BCUT2D eigenvalue weighted by Crippen LogP contribution is -2.35. The lowest BCUT2D eigenvalue weighted by molar-refractivity contribution is 0.187. The van der Waals surface area contributed by atoms with Crippen LogP contribution in [-0.4, -0.2) is 74.4 Å². The first-order valence-electron chi connectivity index (χ1n) is 14.6. The van der Waals surface area contributed by atoms with Crippen LogP contribution in [0.15, 0.2) is 48.4 Å². The van der Waals surface area contributed by atoms with Crippen molar-refractivity contribution in [2.45, 2.75) is 56.4 Å². The van der Waals surface area contributed by atoms with Gasteiger partial charge in [-0.1, -0.05) is 42.4 Å². The summed E-state index contributed by atoms with van der Waals surface area (Å²) in [4.78, 5) is 16.9. The molecule has 3 aliphatic rings. The van der Waals surface area contributed by atoms with Gasteiger partial charge in [0.15, 0.2) is 9.84 Å². The fourth-order valence-corrected chi connectivity index (χ4v) is 8.04. The molecule has 0 bridgehead atoms. The fraction of sp³-hybridized carbons (Fsp3) is 0.484. The zero-order valence-corrected chi connectivity index (χ0v) is 25.2. The third-order valence-electron chi connectivity index (χ3n) is 8.94. The van der Waals surface area contributed by atoms with Crippen LogP contribution in [0.5, 0.6) is 6.01 Å². The van der Waals surface area contributed by atoms with Crippen molar-refractivity contribution in [3.05, 3.63) is 64.7 Å². The fourth-order valence-electron chi connectivity index (χ4n) is 6.56. The number of likely N-dealkylation sites (N-methyl/N-ethyl adjacent to an activating group) is 1. The molecule has 4 heterocycles. The smallest absolute Gasteiger partial charge is 0.318 e. The third kappa shape index (κ3) is 5.76. The first-order chi connectivity index (χ1) is 19.8. The Balaban J connectivity index is 1.33. The number of halogens is 1. The zero-order valence-electron chi connectivity index (χ0n) is 23.6. The van der Waals surface area contributed by atoms with Crippen molar-refractivity contribution in [1.29, 1.82) is 0 Å². The summed E-state index contributed by atoms with van der Waals surface area (Å²) in [6.07, 6.45) is 5.02. The molecule has 0 saturated carbocycles. The van der Waals surface area contributed by atoms with Crippen molar-refractivity contribution >= 4 is 43.7 Å². The molecule has 0 aliphatic carbocycles. The molecule has 8 nitrogen and oxygen atoms in total. The number of fused-ring (bicyclic) bond motifs is 2. The van der Waals surface area contributed by atoms with Crippen molar-refractivity contribution in [3.63, 3.8) is 0 Å². The van der Waals surface area contributed by atoms with Gasteiger partial charge in [0.25, 0.3) is 0 Å². The van der Waals surface area contributed by atoms with E-state index in [1.807, 2.05) is 12.1 Å². The van der Waals surface area contributed by atoms with Crippen LogP contribution in [-0.2, 0) is 22.8 Å². The number of likely N-dealkylation sites (tertiary alicyclic amines) is 1. The number of benzene rings is 2. The second kappa shape index (κ2) is 11.8. The highest BCUT2D eigenvalue weighted by atomic mass is 35.5. The van der Waals surface area contributed by atoms with Gasteiger partial charge in [0.05, 0.1) is 22.5 Å². The van der Waals surface area contributed by atoms with Crippen molar-refractivity contribution in [2.75, 3.05) is 49.6 Å². The van der Waals surface area contributed by atoms with E-state index in [9.17, 15) is 8.42 Å². The molecule has 2 aromatic carbocycles. The monoisotopic (exact) mass is 595 g/mol. The van der Waals surface area contributed by atoms with Gasteiger partial charge in [0.1, 0.15) is 12.4 Å². The van der Waals surface area contributed by atoms with E-state index in [1.54, 1.807) is 0 Å². The van der Waals surface area contributed by atoms with Gasteiger partial charge < -0.3 is 19.4 Å². The number of aromatic nitrogens is 2. The Morgan fingerprint density at radius 2 is 1.83 bits per heavy atom. The number of hydrogen-bond donors (Lipinski definition) is 0. The van der Waals surface area contributed by atoms with E-state index in [0.717, 1.165) is 82.9 Å². The van der Waals surface area contributed by atoms with Crippen LogP contribution in [0.2, 0.25) is 5.02 Å². The van der Waals surface area contributed by atoms with Crippen LogP contribution < -0.4 is 14.5 Å². The largest absolute Gasteiger partial charge is 0.462 e. The molecule has 2 fully saturated rings. The molecule has 41 heavy (non-hydrogen) atoms. The number of nitrogens with zero attached hydrogens (tertiary/aromatic N) is 5. The Hall–Kier alpha value is -2.88. The molecule has 10 heteroatoms. The number of hydrogen-bond acceptors (Lipinski definition) is 8. The van der Waals surface area contributed by atoms with Gasteiger partial charge in [-0.15, -0.1) is 0 Å². The average molecular weight is 596 g/mol. The van der Waals surface area contributed by atoms with Crippen molar-refractivity contribution in [2.24, 2.45) is 0 Å². The molecule has 3 aliphatic heterocycles. The maximum absolute atomic E-state index is 12.6. The topological polar surface area (TPSA) is 78.9 Å². The highest BCUT2D eigenvalue weighted by Crippen LogP contribution is 2.37. The molecule has 0 N–H and O–H groups in total. The van der Waals surface area contributed by atoms with Crippen LogP contribution in [0.25, 0.3) is 10.8 Å². The molecule has 0 amide bonds. The highest BCUT2D eigenvalue weighted by molar-refractivity contribution is 7.94. The molecule has 1 aromatic heterocycles. The minimum Gasteiger partial charge on any atom is -0.462 e. The Morgan fingerprint density at radius 1 is 1.02 bits per heavy atom. The summed E-state index contributed by atoms with van der Waals surface area (Å²) in [6.45, 7) is 7.97. The summed E-state index contributed by atoms with van der Waals surface area (Å²) in [5.74, 6) is 0.886. The number of sulfone groups is 1. The normalized spacial score (nSPS) is 22.0. The van der Waals surface area contributed by atoms with Crippen molar-refractivity contribution in [3.8, 4) is 6.01 Å². The second-order valence-corrected chi connectivity index (χ2v) is 14.0. The van der Waals surface area contributed by atoms with Gasteiger partial charge in [0, 0.05) is 47.7 Å². The van der Waals surface area contributed by atoms with Crippen LogP contribution >= 0.6 is 11.6 Å². The van der Waals surface area contributed by atoms with Gasteiger partial charge in [-0.2, -0.15) is 9.97 Å². The molecule has 2 atom stereocenters. The number of rotatable bonds is 7. The predicted octanol–water partition coefficient (Wildman–Crippen LogP) is 5.24. The highest BCUT2D eigenvalue weighted by Gasteiger charge is 2.31. The lowest BCUT2D eigenvalue weighted by Gasteiger charge is -2.34. The summed E-state index contributed by atoms with van der Waals surface area (Å²) in [5, 5.41) is 3.62. The standard InChI is InChI=1S/C31H38ClN5O3S/c1-3-41(38,39)24-11-7-17-36(18-14-24)30-25-15-19-37(28-13-5-9-22-8-4-12-26(32)29(22)28)20-27(25)33-31(34-30)40-21-23-10-6-16-35(23)2/h3-5,8-9,12-13,23-24H,1,6-7,10-11,14-21H2,2H3/t23-,24?/m0/s1. The molecule has 1 unspecified atom stereocenters. The van der Waals surface area contributed by atoms with Crippen molar-refractivity contribution in [1.82, 2.24) is 14.9 Å².